The Morgan fingerprint density at radius 1 is 1.45 bits per heavy atom. The molecule has 1 aliphatic rings. The van der Waals surface area contributed by atoms with Gasteiger partial charge in [-0.05, 0) is 26.2 Å². The maximum atomic E-state index is 11.5. The second kappa shape index (κ2) is 5.62. The van der Waals surface area contributed by atoms with Crippen LogP contribution in [0.3, 0.4) is 0 Å². The van der Waals surface area contributed by atoms with E-state index in [2.05, 4.69) is 5.10 Å². The van der Waals surface area contributed by atoms with E-state index < -0.39 is 5.97 Å². The van der Waals surface area contributed by atoms with Gasteiger partial charge >= 0.3 is 5.97 Å². The van der Waals surface area contributed by atoms with Gasteiger partial charge in [0.25, 0.3) is 0 Å². The molecular formula is C13H19N3O4. The molecule has 110 valence electrons. The highest BCUT2D eigenvalue weighted by Gasteiger charge is 2.28. The standard InChI is InChI=1S/C13H19N3O4/c1-8-12(15(3)9(2)17)11(13(18)19)14-16(8)10-6-4-5-7-20-10/h10H,4-7H2,1-3H3,(H,18,19). The van der Waals surface area contributed by atoms with Gasteiger partial charge in [0, 0.05) is 20.6 Å². The summed E-state index contributed by atoms with van der Waals surface area (Å²) in [7, 11) is 1.55. The first-order chi connectivity index (χ1) is 9.43. The Balaban J connectivity index is 2.47. The second-order valence-electron chi connectivity index (χ2n) is 4.93. The van der Waals surface area contributed by atoms with E-state index in [0.717, 1.165) is 19.3 Å². The van der Waals surface area contributed by atoms with Crippen molar-refractivity contribution in [3.8, 4) is 0 Å². The molecule has 1 saturated heterocycles. The van der Waals surface area contributed by atoms with Gasteiger partial charge in [0.05, 0.1) is 11.4 Å². The first-order valence-corrected chi connectivity index (χ1v) is 6.61. The van der Waals surface area contributed by atoms with Crippen LogP contribution in [0.5, 0.6) is 0 Å². The van der Waals surface area contributed by atoms with Crippen molar-refractivity contribution in [2.45, 2.75) is 39.3 Å². The van der Waals surface area contributed by atoms with Gasteiger partial charge in [-0.2, -0.15) is 5.10 Å². The molecule has 7 nitrogen and oxygen atoms in total. The topological polar surface area (TPSA) is 84.7 Å². The lowest BCUT2D eigenvalue weighted by atomic mass is 10.2. The SMILES string of the molecule is CC(=O)N(C)c1c(C(=O)O)nn(C2CCCCO2)c1C. The summed E-state index contributed by atoms with van der Waals surface area (Å²) in [5.41, 5.74) is 0.848. The summed E-state index contributed by atoms with van der Waals surface area (Å²) >= 11 is 0. The Labute approximate surface area is 117 Å². The molecule has 1 fully saturated rings. The summed E-state index contributed by atoms with van der Waals surface area (Å²) in [4.78, 5) is 24.2. The number of aromatic nitrogens is 2. The zero-order valence-corrected chi connectivity index (χ0v) is 11.9. The molecule has 1 aliphatic heterocycles. The number of carboxylic acid groups (broad SMARTS) is 1. The number of hydrogen-bond donors (Lipinski definition) is 1. The molecule has 1 aromatic rings. The lowest BCUT2D eigenvalue weighted by Gasteiger charge is -2.24. The zero-order chi connectivity index (χ0) is 14.9. The maximum absolute atomic E-state index is 11.5. The van der Waals surface area contributed by atoms with E-state index in [0.29, 0.717) is 18.0 Å². The predicted octanol–water partition coefficient (Wildman–Crippen LogP) is 1.57. The molecule has 0 spiro atoms. The van der Waals surface area contributed by atoms with E-state index in [4.69, 9.17) is 4.74 Å². The number of anilines is 1. The third-order valence-corrected chi connectivity index (χ3v) is 3.56. The molecule has 2 rings (SSSR count). The minimum atomic E-state index is -1.15. The van der Waals surface area contributed by atoms with E-state index in [1.165, 1.54) is 11.8 Å². The average molecular weight is 281 g/mol. The molecule has 1 amide bonds. The summed E-state index contributed by atoms with van der Waals surface area (Å²) in [5, 5.41) is 13.4. The van der Waals surface area contributed by atoms with Gasteiger partial charge in [0.1, 0.15) is 0 Å². The third-order valence-electron chi connectivity index (χ3n) is 3.56. The fourth-order valence-electron chi connectivity index (χ4n) is 2.41. The second-order valence-corrected chi connectivity index (χ2v) is 4.93. The lowest BCUT2D eigenvalue weighted by Crippen LogP contribution is -2.25. The van der Waals surface area contributed by atoms with Crippen molar-refractivity contribution in [1.82, 2.24) is 9.78 Å². The number of nitrogens with zero attached hydrogens (tertiary/aromatic N) is 3. The largest absolute Gasteiger partial charge is 0.476 e. The van der Waals surface area contributed by atoms with Gasteiger partial charge in [0.2, 0.25) is 5.91 Å². The van der Waals surface area contributed by atoms with Gasteiger partial charge in [-0.1, -0.05) is 0 Å². The molecule has 0 bridgehead atoms. The fourth-order valence-corrected chi connectivity index (χ4v) is 2.41. The van der Waals surface area contributed by atoms with Crippen LogP contribution < -0.4 is 4.90 Å². The monoisotopic (exact) mass is 281 g/mol. The fraction of sp³-hybridized carbons (Fsp3) is 0.615. The van der Waals surface area contributed by atoms with Crippen molar-refractivity contribution < 1.29 is 19.4 Å². The molecule has 2 heterocycles. The summed E-state index contributed by atoms with van der Waals surface area (Å²) in [6.45, 7) is 3.79. The minimum absolute atomic E-state index is 0.116. The first kappa shape index (κ1) is 14.5. The van der Waals surface area contributed by atoms with Gasteiger partial charge in [-0.15, -0.1) is 0 Å². The van der Waals surface area contributed by atoms with E-state index >= 15 is 0 Å². The van der Waals surface area contributed by atoms with Crippen LogP contribution in [0, 0.1) is 6.92 Å². The van der Waals surface area contributed by atoms with Crippen LogP contribution in [-0.2, 0) is 9.53 Å². The molecule has 1 N–H and O–H groups in total. The van der Waals surface area contributed by atoms with E-state index in [1.807, 2.05) is 0 Å². The molecule has 0 aliphatic carbocycles. The van der Waals surface area contributed by atoms with Crippen molar-refractivity contribution in [2.75, 3.05) is 18.6 Å². The highest BCUT2D eigenvalue weighted by Crippen LogP contribution is 2.30. The van der Waals surface area contributed by atoms with Crippen LogP contribution in [0.25, 0.3) is 0 Å². The molecule has 1 unspecified atom stereocenters. The summed E-state index contributed by atoms with van der Waals surface area (Å²) in [6, 6.07) is 0. The first-order valence-electron chi connectivity index (χ1n) is 6.61. The number of rotatable bonds is 3. The predicted molar refractivity (Wildman–Crippen MR) is 71.8 cm³/mol. The maximum Gasteiger partial charge on any atom is 0.358 e. The van der Waals surface area contributed by atoms with Crippen LogP contribution in [0.4, 0.5) is 5.69 Å². The molecule has 1 aromatic heterocycles. The van der Waals surface area contributed by atoms with Crippen LogP contribution in [0.2, 0.25) is 0 Å². The van der Waals surface area contributed by atoms with E-state index in [9.17, 15) is 14.7 Å². The number of carbonyl (C=O) groups excluding carboxylic acids is 1. The Bertz CT molecular complexity index is 532. The molecule has 1 atom stereocenters. The molecule has 20 heavy (non-hydrogen) atoms. The van der Waals surface area contributed by atoms with Crippen molar-refractivity contribution in [2.24, 2.45) is 0 Å². The highest BCUT2D eigenvalue weighted by molar-refractivity contribution is 6.00. The van der Waals surface area contributed by atoms with Crippen molar-refractivity contribution >= 4 is 17.6 Å². The van der Waals surface area contributed by atoms with Gasteiger partial charge < -0.3 is 14.7 Å². The number of aromatic carboxylic acids is 1. The Morgan fingerprint density at radius 3 is 2.65 bits per heavy atom. The molecular weight excluding hydrogens is 262 g/mol. The van der Waals surface area contributed by atoms with Crippen LogP contribution in [0.1, 0.15) is 48.6 Å². The molecule has 0 aromatic carbocycles. The Kier molecular flexibility index (Phi) is 4.08. The quantitative estimate of drug-likeness (QED) is 0.909. The van der Waals surface area contributed by atoms with Gasteiger partial charge in [-0.25, -0.2) is 9.48 Å². The van der Waals surface area contributed by atoms with Gasteiger partial charge in [0.15, 0.2) is 11.9 Å². The normalized spacial score (nSPS) is 18.9. The van der Waals surface area contributed by atoms with Gasteiger partial charge in [-0.3, -0.25) is 4.79 Å². The number of ether oxygens (including phenoxy) is 1. The summed E-state index contributed by atoms with van der Waals surface area (Å²) < 4.78 is 7.22. The molecule has 0 radical (unpaired) electrons. The Hall–Kier alpha value is -1.89. The summed E-state index contributed by atoms with van der Waals surface area (Å²) in [5.74, 6) is -1.38. The molecule has 7 heteroatoms. The third kappa shape index (κ3) is 2.53. The number of carbonyl (C=O) groups is 2. The smallest absolute Gasteiger partial charge is 0.358 e. The average Bonchev–Trinajstić information content (AvgIpc) is 2.76. The summed E-state index contributed by atoms with van der Waals surface area (Å²) in [6.07, 6.45) is 2.56. The van der Waals surface area contributed by atoms with E-state index in [-0.39, 0.29) is 17.8 Å². The van der Waals surface area contributed by atoms with Crippen molar-refractivity contribution in [1.29, 1.82) is 0 Å². The number of amides is 1. The van der Waals surface area contributed by atoms with Crippen molar-refractivity contribution in [3.05, 3.63) is 11.4 Å². The Morgan fingerprint density at radius 2 is 2.15 bits per heavy atom. The van der Waals surface area contributed by atoms with Crippen LogP contribution >= 0.6 is 0 Å². The number of carboxylic acids is 1. The molecule has 0 saturated carbocycles. The van der Waals surface area contributed by atoms with E-state index in [1.54, 1.807) is 18.7 Å². The lowest BCUT2D eigenvalue weighted by molar-refractivity contribution is -0.116. The zero-order valence-electron chi connectivity index (χ0n) is 11.9. The highest BCUT2D eigenvalue weighted by atomic mass is 16.5. The van der Waals surface area contributed by atoms with Crippen LogP contribution in [-0.4, -0.2) is 40.4 Å². The number of hydrogen-bond acceptors (Lipinski definition) is 4. The van der Waals surface area contributed by atoms with Crippen LogP contribution in [0.15, 0.2) is 0 Å². The van der Waals surface area contributed by atoms with Crippen molar-refractivity contribution in [3.63, 3.8) is 0 Å². The minimum Gasteiger partial charge on any atom is -0.476 e.